The highest BCUT2D eigenvalue weighted by Crippen LogP contribution is 2.68. The molecule has 0 aromatic rings. The van der Waals surface area contributed by atoms with Gasteiger partial charge in [0, 0.05) is 5.41 Å². The van der Waals surface area contributed by atoms with Gasteiger partial charge in [-0.15, -0.1) is 0 Å². The Labute approximate surface area is 151 Å². The first kappa shape index (κ1) is 17.7. The Hall–Kier alpha value is -0.670. The SMILES string of the molecule is CC(=O)[C@@]1(O)[C@H](C)C[C@@H]2[C@@H]3CC=C4C[C@@H](O)CC[C@]4(C)[C@H]3CC[C@@]21C. The van der Waals surface area contributed by atoms with Gasteiger partial charge in [0.1, 0.15) is 5.60 Å². The molecule has 3 heteroatoms. The Morgan fingerprint density at radius 1 is 1.20 bits per heavy atom. The molecule has 3 nitrogen and oxygen atoms in total. The lowest BCUT2D eigenvalue weighted by Crippen LogP contribution is -2.58. The van der Waals surface area contributed by atoms with Gasteiger partial charge in [-0.2, -0.15) is 0 Å². The van der Waals surface area contributed by atoms with Crippen molar-refractivity contribution in [3.63, 3.8) is 0 Å². The van der Waals surface area contributed by atoms with Gasteiger partial charge in [-0.3, -0.25) is 4.79 Å². The molecule has 0 aromatic heterocycles. The summed E-state index contributed by atoms with van der Waals surface area (Å²) in [5, 5.41) is 21.5. The van der Waals surface area contributed by atoms with Crippen LogP contribution in [-0.4, -0.2) is 27.7 Å². The molecule has 2 N–H and O–H groups in total. The van der Waals surface area contributed by atoms with Crippen LogP contribution < -0.4 is 0 Å². The largest absolute Gasteiger partial charge is 0.393 e. The van der Waals surface area contributed by atoms with Crippen LogP contribution in [-0.2, 0) is 4.79 Å². The third-order valence-electron chi connectivity index (χ3n) is 9.20. The van der Waals surface area contributed by atoms with Crippen molar-refractivity contribution in [3.8, 4) is 0 Å². The van der Waals surface area contributed by atoms with Crippen LogP contribution >= 0.6 is 0 Å². The molecule has 4 aliphatic rings. The topological polar surface area (TPSA) is 57.5 Å². The lowest BCUT2D eigenvalue weighted by molar-refractivity contribution is -0.165. The normalized spacial score (nSPS) is 55.0. The molecule has 0 spiro atoms. The van der Waals surface area contributed by atoms with Crippen LogP contribution in [0.3, 0.4) is 0 Å². The molecule has 0 aliphatic heterocycles. The molecule has 4 rings (SSSR count). The lowest BCUT2D eigenvalue weighted by Gasteiger charge is -2.58. The maximum atomic E-state index is 12.4. The summed E-state index contributed by atoms with van der Waals surface area (Å²) in [6, 6.07) is 0. The third-order valence-corrected chi connectivity index (χ3v) is 9.20. The van der Waals surface area contributed by atoms with E-state index in [-0.39, 0.29) is 28.6 Å². The fourth-order valence-corrected chi connectivity index (χ4v) is 7.73. The van der Waals surface area contributed by atoms with Crippen molar-refractivity contribution >= 4 is 5.78 Å². The number of fused-ring (bicyclic) bond motifs is 5. The van der Waals surface area contributed by atoms with Gasteiger partial charge >= 0.3 is 0 Å². The van der Waals surface area contributed by atoms with Gasteiger partial charge in [-0.25, -0.2) is 0 Å². The molecule has 25 heavy (non-hydrogen) atoms. The number of rotatable bonds is 1. The molecular weight excluding hydrogens is 312 g/mol. The molecule has 8 atom stereocenters. The fourth-order valence-electron chi connectivity index (χ4n) is 7.73. The van der Waals surface area contributed by atoms with E-state index < -0.39 is 5.60 Å². The number of allylic oxidation sites excluding steroid dienone is 1. The summed E-state index contributed by atoms with van der Waals surface area (Å²) in [4.78, 5) is 12.4. The first-order valence-corrected chi connectivity index (χ1v) is 10.3. The van der Waals surface area contributed by atoms with E-state index in [1.54, 1.807) is 6.92 Å². The molecule has 0 heterocycles. The van der Waals surface area contributed by atoms with E-state index in [1.807, 2.05) is 0 Å². The molecule has 0 radical (unpaired) electrons. The molecular formula is C22H34O3. The molecule has 140 valence electrons. The zero-order valence-electron chi connectivity index (χ0n) is 16.2. The highest BCUT2D eigenvalue weighted by atomic mass is 16.3. The zero-order chi connectivity index (χ0) is 18.2. The van der Waals surface area contributed by atoms with Gasteiger partial charge in [-0.05, 0) is 81.0 Å². The number of ketones is 1. The van der Waals surface area contributed by atoms with Crippen LogP contribution in [0.5, 0.6) is 0 Å². The standard InChI is InChI=1S/C22H34O3/c1-13-11-19-17-6-5-15-12-16(24)7-9-20(15,3)18(17)8-10-21(19,4)22(13,25)14(2)23/h5,13,16-19,24-25H,6-12H2,1-4H3/t13-,16+,17-,18+,19-,20+,21+,22+/m1/s1. The second kappa shape index (κ2) is 5.42. The molecule has 0 unspecified atom stereocenters. The van der Waals surface area contributed by atoms with Crippen molar-refractivity contribution in [2.75, 3.05) is 0 Å². The van der Waals surface area contributed by atoms with Gasteiger partial charge in [0.15, 0.2) is 5.78 Å². The van der Waals surface area contributed by atoms with E-state index in [0.29, 0.717) is 17.8 Å². The third kappa shape index (κ3) is 2.09. The van der Waals surface area contributed by atoms with Crippen molar-refractivity contribution in [2.24, 2.45) is 34.5 Å². The van der Waals surface area contributed by atoms with Crippen LogP contribution in [0.25, 0.3) is 0 Å². The highest BCUT2D eigenvalue weighted by molar-refractivity contribution is 5.86. The second-order valence-electron chi connectivity index (χ2n) is 10.1. The molecule has 3 fully saturated rings. The van der Waals surface area contributed by atoms with E-state index in [2.05, 4.69) is 26.8 Å². The summed E-state index contributed by atoms with van der Waals surface area (Å²) < 4.78 is 0. The molecule has 4 aliphatic carbocycles. The Bertz CT molecular complexity index is 625. The van der Waals surface area contributed by atoms with Crippen molar-refractivity contribution < 1.29 is 15.0 Å². The number of carbonyl (C=O) groups is 1. The number of aliphatic hydroxyl groups excluding tert-OH is 1. The van der Waals surface area contributed by atoms with Crippen LogP contribution in [0.4, 0.5) is 0 Å². The summed E-state index contributed by atoms with van der Waals surface area (Å²) in [6.07, 6.45) is 9.15. The summed E-state index contributed by atoms with van der Waals surface area (Å²) in [7, 11) is 0. The van der Waals surface area contributed by atoms with E-state index in [4.69, 9.17) is 0 Å². The van der Waals surface area contributed by atoms with Crippen molar-refractivity contribution in [3.05, 3.63) is 11.6 Å². The average Bonchev–Trinajstić information content (AvgIpc) is 2.77. The average molecular weight is 347 g/mol. The van der Waals surface area contributed by atoms with Crippen molar-refractivity contribution in [1.82, 2.24) is 0 Å². The van der Waals surface area contributed by atoms with Crippen LogP contribution in [0.2, 0.25) is 0 Å². The Morgan fingerprint density at radius 2 is 1.92 bits per heavy atom. The Kier molecular flexibility index (Phi) is 3.84. The number of aliphatic hydroxyl groups is 2. The molecule has 0 amide bonds. The number of hydrogen-bond acceptors (Lipinski definition) is 3. The van der Waals surface area contributed by atoms with Crippen molar-refractivity contribution in [1.29, 1.82) is 0 Å². The Morgan fingerprint density at radius 3 is 2.60 bits per heavy atom. The highest BCUT2D eigenvalue weighted by Gasteiger charge is 2.67. The number of carbonyl (C=O) groups excluding carboxylic acids is 1. The minimum Gasteiger partial charge on any atom is -0.393 e. The van der Waals surface area contributed by atoms with Gasteiger partial charge in [0.2, 0.25) is 0 Å². The van der Waals surface area contributed by atoms with Crippen molar-refractivity contribution in [2.45, 2.75) is 84.3 Å². The maximum Gasteiger partial charge on any atom is 0.162 e. The predicted octanol–water partition coefficient (Wildman–Crippen LogP) is 3.88. The van der Waals surface area contributed by atoms with Crippen LogP contribution in [0.1, 0.15) is 72.6 Å². The first-order chi connectivity index (χ1) is 11.6. The summed E-state index contributed by atoms with van der Waals surface area (Å²) in [5.74, 6) is 1.64. The minimum absolute atomic E-state index is 0.0394. The summed E-state index contributed by atoms with van der Waals surface area (Å²) >= 11 is 0. The number of hydrogen-bond donors (Lipinski definition) is 2. The number of Topliss-reactive ketones (excluding diaryl/α,β-unsaturated/α-hetero) is 1. The van der Waals surface area contributed by atoms with Crippen LogP contribution in [0, 0.1) is 34.5 Å². The minimum atomic E-state index is -1.16. The van der Waals surface area contributed by atoms with Gasteiger partial charge in [0.25, 0.3) is 0 Å². The van der Waals surface area contributed by atoms with Crippen LogP contribution in [0.15, 0.2) is 11.6 Å². The summed E-state index contributed by atoms with van der Waals surface area (Å²) in [6.45, 7) is 8.26. The monoisotopic (exact) mass is 346 g/mol. The molecule has 0 saturated heterocycles. The zero-order valence-corrected chi connectivity index (χ0v) is 16.2. The molecule has 0 bridgehead atoms. The van der Waals surface area contributed by atoms with Gasteiger partial charge < -0.3 is 10.2 Å². The van der Waals surface area contributed by atoms with E-state index in [0.717, 1.165) is 44.9 Å². The maximum absolute atomic E-state index is 12.4. The fraction of sp³-hybridized carbons (Fsp3) is 0.864. The molecule has 0 aromatic carbocycles. The second-order valence-corrected chi connectivity index (χ2v) is 10.1. The molecule has 3 saturated carbocycles. The first-order valence-electron chi connectivity index (χ1n) is 10.3. The van der Waals surface area contributed by atoms with E-state index >= 15 is 0 Å². The Balaban J connectivity index is 1.72. The quantitative estimate of drug-likeness (QED) is 0.709. The van der Waals surface area contributed by atoms with E-state index in [1.165, 1.54) is 5.57 Å². The van der Waals surface area contributed by atoms with Gasteiger partial charge in [0.05, 0.1) is 6.10 Å². The summed E-state index contributed by atoms with van der Waals surface area (Å²) in [5.41, 5.74) is 0.249. The lowest BCUT2D eigenvalue weighted by atomic mass is 9.46. The smallest absolute Gasteiger partial charge is 0.162 e. The van der Waals surface area contributed by atoms with E-state index in [9.17, 15) is 15.0 Å². The predicted molar refractivity (Wildman–Crippen MR) is 97.9 cm³/mol. The van der Waals surface area contributed by atoms with Gasteiger partial charge in [-0.1, -0.05) is 32.4 Å².